The molecule has 144 valence electrons. The second-order valence-electron chi connectivity index (χ2n) is 7.68. The van der Waals surface area contributed by atoms with E-state index in [1.54, 1.807) is 7.11 Å². The molecular formula is C22H39NO2. The average Bonchev–Trinajstić information content (AvgIpc) is 2.55. The number of anilines is 1. The van der Waals surface area contributed by atoms with Gasteiger partial charge in [0.1, 0.15) is 6.29 Å². The van der Waals surface area contributed by atoms with E-state index in [1.165, 1.54) is 44.1 Å². The summed E-state index contributed by atoms with van der Waals surface area (Å²) in [5, 5.41) is 0. The molecule has 0 saturated carbocycles. The fourth-order valence-corrected chi connectivity index (χ4v) is 2.55. The standard InChI is InChI=1S/C13H19NO.C9H20O/c1-13(2,3)11-7-10(5-4-6-15)8-12(14)9-11;1-3-4-5-6-7-8-9-10-2/h6-9H,4-5,14H2,1-3H3;3-9H2,1-2H3. The molecule has 2 N–H and O–H groups in total. The number of hydrogen-bond acceptors (Lipinski definition) is 3. The van der Waals surface area contributed by atoms with Crippen LogP contribution in [0, 0.1) is 0 Å². The van der Waals surface area contributed by atoms with Crippen LogP contribution in [0.1, 0.15) is 83.8 Å². The highest BCUT2D eigenvalue weighted by molar-refractivity contribution is 5.52. The Balaban J connectivity index is 0.000000504. The first-order valence-electron chi connectivity index (χ1n) is 9.67. The predicted octanol–water partition coefficient (Wildman–Crippen LogP) is 5.69. The van der Waals surface area contributed by atoms with Crippen molar-refractivity contribution >= 4 is 12.0 Å². The van der Waals surface area contributed by atoms with Crippen molar-refractivity contribution in [3.8, 4) is 0 Å². The summed E-state index contributed by atoms with van der Waals surface area (Å²) in [7, 11) is 1.77. The summed E-state index contributed by atoms with van der Waals surface area (Å²) in [6, 6.07) is 6.09. The van der Waals surface area contributed by atoms with Crippen LogP contribution in [-0.2, 0) is 21.4 Å². The summed E-state index contributed by atoms with van der Waals surface area (Å²) < 4.78 is 4.95. The van der Waals surface area contributed by atoms with E-state index in [-0.39, 0.29) is 5.41 Å². The van der Waals surface area contributed by atoms with E-state index in [2.05, 4.69) is 33.8 Å². The molecule has 0 saturated heterocycles. The third kappa shape index (κ3) is 12.6. The van der Waals surface area contributed by atoms with Crippen molar-refractivity contribution in [2.24, 2.45) is 0 Å². The minimum atomic E-state index is 0.102. The number of methoxy groups -OCH3 is 1. The number of benzene rings is 1. The number of unbranched alkanes of at least 4 members (excludes halogenated alkanes) is 5. The molecule has 0 aromatic heterocycles. The normalized spacial score (nSPS) is 10.9. The van der Waals surface area contributed by atoms with Gasteiger partial charge in [-0.3, -0.25) is 0 Å². The van der Waals surface area contributed by atoms with Gasteiger partial charge in [-0.15, -0.1) is 0 Å². The molecule has 0 radical (unpaired) electrons. The summed E-state index contributed by atoms with van der Waals surface area (Å²) in [6.07, 6.45) is 10.4. The summed E-state index contributed by atoms with van der Waals surface area (Å²) in [4.78, 5) is 10.3. The first-order chi connectivity index (χ1) is 11.8. The molecule has 0 bridgehead atoms. The number of aldehydes is 1. The number of hydrogen-bond donors (Lipinski definition) is 1. The SMILES string of the molecule is CC(C)(C)c1cc(N)cc(CCC=O)c1.CCCCCCCCOC. The lowest BCUT2D eigenvalue weighted by molar-refractivity contribution is -0.107. The molecule has 0 heterocycles. The molecule has 0 aliphatic rings. The Hall–Kier alpha value is -1.35. The van der Waals surface area contributed by atoms with Crippen molar-refractivity contribution in [2.45, 2.75) is 84.5 Å². The minimum Gasteiger partial charge on any atom is -0.399 e. The predicted molar refractivity (Wildman–Crippen MR) is 109 cm³/mol. The molecule has 3 nitrogen and oxygen atoms in total. The lowest BCUT2D eigenvalue weighted by Gasteiger charge is -2.20. The molecule has 3 heteroatoms. The lowest BCUT2D eigenvalue weighted by Crippen LogP contribution is -2.12. The second kappa shape index (κ2) is 13.9. The number of nitrogen functional groups attached to an aromatic ring is 1. The zero-order valence-corrected chi connectivity index (χ0v) is 17.1. The van der Waals surface area contributed by atoms with Crippen LogP contribution in [0.25, 0.3) is 0 Å². The van der Waals surface area contributed by atoms with Gasteiger partial charge in [0.15, 0.2) is 0 Å². The number of rotatable bonds is 10. The van der Waals surface area contributed by atoms with Gasteiger partial charge in [-0.05, 0) is 41.5 Å². The van der Waals surface area contributed by atoms with Crippen molar-refractivity contribution in [3.63, 3.8) is 0 Å². The molecular weight excluding hydrogens is 310 g/mol. The van der Waals surface area contributed by atoms with E-state index in [1.807, 2.05) is 12.1 Å². The van der Waals surface area contributed by atoms with Crippen molar-refractivity contribution in [1.82, 2.24) is 0 Å². The molecule has 0 unspecified atom stereocenters. The third-order valence-electron chi connectivity index (χ3n) is 4.13. The van der Waals surface area contributed by atoms with E-state index in [0.717, 1.165) is 30.6 Å². The van der Waals surface area contributed by atoms with Crippen LogP contribution in [0.2, 0.25) is 0 Å². The van der Waals surface area contributed by atoms with Gasteiger partial charge in [-0.1, -0.05) is 65.9 Å². The Morgan fingerprint density at radius 2 is 1.68 bits per heavy atom. The van der Waals surface area contributed by atoms with Gasteiger partial charge in [0.2, 0.25) is 0 Å². The van der Waals surface area contributed by atoms with E-state index in [4.69, 9.17) is 10.5 Å². The monoisotopic (exact) mass is 349 g/mol. The smallest absolute Gasteiger partial charge is 0.120 e. The summed E-state index contributed by atoms with van der Waals surface area (Å²) >= 11 is 0. The molecule has 0 aliphatic heterocycles. The Bertz CT molecular complexity index is 456. The minimum absolute atomic E-state index is 0.102. The van der Waals surface area contributed by atoms with Crippen LogP contribution in [0.5, 0.6) is 0 Å². The lowest BCUT2D eigenvalue weighted by atomic mass is 9.85. The van der Waals surface area contributed by atoms with Gasteiger partial charge in [0.05, 0.1) is 0 Å². The van der Waals surface area contributed by atoms with Crippen molar-refractivity contribution in [3.05, 3.63) is 29.3 Å². The Morgan fingerprint density at radius 1 is 1.04 bits per heavy atom. The van der Waals surface area contributed by atoms with E-state index in [9.17, 15) is 4.79 Å². The quantitative estimate of drug-likeness (QED) is 0.335. The zero-order chi connectivity index (χ0) is 19.1. The fourth-order valence-electron chi connectivity index (χ4n) is 2.55. The first kappa shape index (κ1) is 23.6. The number of nitrogens with two attached hydrogens (primary N) is 1. The van der Waals surface area contributed by atoms with Crippen LogP contribution >= 0.6 is 0 Å². The van der Waals surface area contributed by atoms with E-state index in [0.29, 0.717) is 6.42 Å². The van der Waals surface area contributed by atoms with Gasteiger partial charge in [-0.2, -0.15) is 0 Å². The van der Waals surface area contributed by atoms with Crippen LogP contribution in [-0.4, -0.2) is 20.0 Å². The molecule has 0 spiro atoms. The summed E-state index contributed by atoms with van der Waals surface area (Å²) in [5.74, 6) is 0. The van der Waals surface area contributed by atoms with Gasteiger partial charge in [0, 0.05) is 25.8 Å². The number of ether oxygens (including phenoxy) is 1. The van der Waals surface area contributed by atoms with E-state index >= 15 is 0 Å². The van der Waals surface area contributed by atoms with Crippen molar-refractivity contribution in [1.29, 1.82) is 0 Å². The number of carbonyl (C=O) groups excluding carboxylic acids is 1. The highest BCUT2D eigenvalue weighted by atomic mass is 16.5. The number of aryl methyl sites for hydroxylation is 1. The highest BCUT2D eigenvalue weighted by Gasteiger charge is 2.14. The largest absolute Gasteiger partial charge is 0.399 e. The Kier molecular flexibility index (Phi) is 13.1. The van der Waals surface area contributed by atoms with E-state index < -0.39 is 0 Å². The van der Waals surface area contributed by atoms with Crippen LogP contribution in [0.15, 0.2) is 18.2 Å². The van der Waals surface area contributed by atoms with Crippen LogP contribution in [0.3, 0.4) is 0 Å². The van der Waals surface area contributed by atoms with Gasteiger partial charge in [0.25, 0.3) is 0 Å². The third-order valence-corrected chi connectivity index (χ3v) is 4.13. The van der Waals surface area contributed by atoms with Gasteiger partial charge in [-0.25, -0.2) is 0 Å². The number of carbonyl (C=O) groups is 1. The molecule has 1 rings (SSSR count). The maximum atomic E-state index is 10.3. The molecule has 0 amide bonds. The average molecular weight is 350 g/mol. The summed E-state index contributed by atoms with van der Waals surface area (Å²) in [6.45, 7) is 9.66. The van der Waals surface area contributed by atoms with Gasteiger partial charge < -0.3 is 15.3 Å². The molecule has 0 fully saturated rings. The molecule has 25 heavy (non-hydrogen) atoms. The van der Waals surface area contributed by atoms with Crippen molar-refractivity contribution < 1.29 is 9.53 Å². The Labute approximate surface area is 155 Å². The van der Waals surface area contributed by atoms with Crippen molar-refractivity contribution in [2.75, 3.05) is 19.5 Å². The molecule has 0 aliphatic carbocycles. The fraction of sp³-hybridized carbons (Fsp3) is 0.682. The summed E-state index contributed by atoms with van der Waals surface area (Å²) in [5.41, 5.74) is 9.09. The van der Waals surface area contributed by atoms with Crippen LogP contribution in [0.4, 0.5) is 5.69 Å². The topological polar surface area (TPSA) is 52.3 Å². The zero-order valence-electron chi connectivity index (χ0n) is 17.1. The van der Waals surface area contributed by atoms with Gasteiger partial charge >= 0.3 is 0 Å². The second-order valence-corrected chi connectivity index (χ2v) is 7.68. The highest BCUT2D eigenvalue weighted by Crippen LogP contribution is 2.25. The molecule has 1 aromatic carbocycles. The van der Waals surface area contributed by atoms with Crippen LogP contribution < -0.4 is 5.73 Å². The maximum absolute atomic E-state index is 10.3. The maximum Gasteiger partial charge on any atom is 0.120 e. The Morgan fingerprint density at radius 3 is 2.24 bits per heavy atom. The molecule has 1 aromatic rings. The first-order valence-corrected chi connectivity index (χ1v) is 9.67. The molecule has 0 atom stereocenters.